The van der Waals surface area contributed by atoms with Crippen LogP contribution in [-0.2, 0) is 16.1 Å². The van der Waals surface area contributed by atoms with E-state index in [0.717, 1.165) is 16.9 Å². The quantitative estimate of drug-likeness (QED) is 0.771. The van der Waals surface area contributed by atoms with E-state index in [-0.39, 0.29) is 23.8 Å². The average molecular weight is 357 g/mol. The van der Waals surface area contributed by atoms with Crippen molar-refractivity contribution in [2.24, 2.45) is 0 Å². The zero-order chi connectivity index (χ0) is 19.1. The highest BCUT2D eigenvalue weighted by molar-refractivity contribution is 5.93. The third-order valence-electron chi connectivity index (χ3n) is 3.78. The minimum Gasteiger partial charge on any atom is -0.507 e. The Hall–Kier alpha value is -3.02. The highest BCUT2D eigenvalue weighted by Crippen LogP contribution is 2.19. The first kappa shape index (κ1) is 19.3. The predicted molar refractivity (Wildman–Crippen MR) is 97.2 cm³/mol. The van der Waals surface area contributed by atoms with Crippen LogP contribution >= 0.6 is 0 Å². The summed E-state index contributed by atoms with van der Waals surface area (Å²) in [6.45, 7) is 4.31. The van der Waals surface area contributed by atoms with Gasteiger partial charge < -0.3 is 19.5 Å². The third-order valence-corrected chi connectivity index (χ3v) is 3.78. The Morgan fingerprint density at radius 1 is 1.12 bits per heavy atom. The van der Waals surface area contributed by atoms with Gasteiger partial charge >= 0.3 is 5.97 Å². The lowest BCUT2D eigenvalue weighted by Crippen LogP contribution is -2.30. The molecule has 6 heteroatoms. The lowest BCUT2D eigenvalue weighted by molar-refractivity contribution is -0.133. The number of rotatable bonds is 7. The Labute approximate surface area is 153 Å². The number of aryl methyl sites for hydroxylation is 1. The van der Waals surface area contributed by atoms with E-state index in [1.54, 1.807) is 20.0 Å². The van der Waals surface area contributed by atoms with E-state index in [1.165, 1.54) is 17.0 Å². The summed E-state index contributed by atoms with van der Waals surface area (Å²) in [6.07, 6.45) is 0. The number of carbonyl (C=O) groups is 2. The SMILES string of the molecule is CCOc1ccc(CN(C)C(=O)COC(=O)c2ccc(C)cc2O)cc1. The Bertz CT molecular complexity index is 770. The molecule has 1 amide bonds. The maximum Gasteiger partial charge on any atom is 0.342 e. The van der Waals surface area contributed by atoms with Gasteiger partial charge in [0.2, 0.25) is 0 Å². The number of phenols is 1. The molecule has 0 unspecified atom stereocenters. The van der Waals surface area contributed by atoms with Gasteiger partial charge in [-0.25, -0.2) is 4.79 Å². The normalized spacial score (nSPS) is 10.3. The van der Waals surface area contributed by atoms with E-state index in [2.05, 4.69) is 0 Å². The first-order chi connectivity index (χ1) is 12.4. The van der Waals surface area contributed by atoms with Gasteiger partial charge in [0.05, 0.1) is 6.61 Å². The predicted octanol–water partition coefficient (Wildman–Crippen LogP) is 2.91. The van der Waals surface area contributed by atoms with E-state index >= 15 is 0 Å². The van der Waals surface area contributed by atoms with E-state index in [0.29, 0.717) is 13.2 Å². The summed E-state index contributed by atoms with van der Waals surface area (Å²) < 4.78 is 10.4. The van der Waals surface area contributed by atoms with Crippen LogP contribution in [0.25, 0.3) is 0 Å². The van der Waals surface area contributed by atoms with Crippen LogP contribution in [0.1, 0.15) is 28.4 Å². The number of ether oxygens (including phenoxy) is 2. The van der Waals surface area contributed by atoms with Crippen LogP contribution in [0.5, 0.6) is 11.5 Å². The molecule has 0 radical (unpaired) electrons. The number of phenolic OH excluding ortho intramolecular Hbond substituents is 1. The van der Waals surface area contributed by atoms with Crippen LogP contribution in [0.3, 0.4) is 0 Å². The lowest BCUT2D eigenvalue weighted by atomic mass is 10.1. The molecule has 26 heavy (non-hydrogen) atoms. The molecule has 0 fully saturated rings. The number of nitrogens with zero attached hydrogens (tertiary/aromatic N) is 1. The zero-order valence-electron chi connectivity index (χ0n) is 15.2. The fourth-order valence-corrected chi connectivity index (χ4v) is 2.35. The molecule has 0 spiro atoms. The Morgan fingerprint density at radius 3 is 2.42 bits per heavy atom. The van der Waals surface area contributed by atoms with Crippen molar-refractivity contribution in [3.63, 3.8) is 0 Å². The molecule has 0 aromatic heterocycles. The van der Waals surface area contributed by atoms with Crippen molar-refractivity contribution in [2.75, 3.05) is 20.3 Å². The standard InChI is InChI=1S/C20H23NO5/c1-4-25-16-8-6-15(7-9-16)12-21(3)19(23)13-26-20(24)17-10-5-14(2)11-18(17)22/h5-11,22H,4,12-13H2,1-3H3. The molecule has 1 N–H and O–H groups in total. The number of amides is 1. The maximum absolute atomic E-state index is 12.2. The van der Waals surface area contributed by atoms with Crippen molar-refractivity contribution in [2.45, 2.75) is 20.4 Å². The average Bonchev–Trinajstić information content (AvgIpc) is 2.61. The smallest absolute Gasteiger partial charge is 0.342 e. The molecule has 0 atom stereocenters. The molecule has 0 saturated carbocycles. The van der Waals surface area contributed by atoms with Crippen LogP contribution in [0.4, 0.5) is 0 Å². The van der Waals surface area contributed by atoms with E-state index in [9.17, 15) is 14.7 Å². The first-order valence-corrected chi connectivity index (χ1v) is 8.33. The minimum absolute atomic E-state index is 0.0394. The third kappa shape index (κ3) is 5.24. The van der Waals surface area contributed by atoms with Gasteiger partial charge in [-0.05, 0) is 49.2 Å². The first-order valence-electron chi connectivity index (χ1n) is 8.33. The van der Waals surface area contributed by atoms with Crippen molar-refractivity contribution in [1.29, 1.82) is 0 Å². The molecule has 0 saturated heterocycles. The summed E-state index contributed by atoms with van der Waals surface area (Å²) in [6, 6.07) is 12.1. The minimum atomic E-state index is -0.731. The molecule has 0 aliphatic rings. The molecule has 2 aromatic carbocycles. The maximum atomic E-state index is 12.2. The molecular formula is C20H23NO5. The summed E-state index contributed by atoms with van der Waals surface area (Å²) in [5.74, 6) is -0.452. The van der Waals surface area contributed by atoms with Crippen LogP contribution < -0.4 is 4.74 Å². The van der Waals surface area contributed by atoms with Crippen molar-refractivity contribution in [1.82, 2.24) is 4.90 Å². The van der Waals surface area contributed by atoms with Gasteiger partial charge in [-0.2, -0.15) is 0 Å². The van der Waals surface area contributed by atoms with Crippen LogP contribution in [0.2, 0.25) is 0 Å². The van der Waals surface area contributed by atoms with Crippen molar-refractivity contribution >= 4 is 11.9 Å². The van der Waals surface area contributed by atoms with Gasteiger partial charge in [0.1, 0.15) is 17.1 Å². The molecule has 6 nitrogen and oxygen atoms in total. The van der Waals surface area contributed by atoms with Gasteiger partial charge in [-0.1, -0.05) is 18.2 Å². The number of esters is 1. The summed E-state index contributed by atoms with van der Waals surface area (Å²) in [5.41, 5.74) is 1.80. The monoisotopic (exact) mass is 357 g/mol. The zero-order valence-corrected chi connectivity index (χ0v) is 15.2. The topological polar surface area (TPSA) is 76.1 Å². The Morgan fingerprint density at radius 2 is 1.81 bits per heavy atom. The van der Waals surface area contributed by atoms with Gasteiger partial charge in [-0.3, -0.25) is 4.79 Å². The second-order valence-corrected chi connectivity index (χ2v) is 5.92. The van der Waals surface area contributed by atoms with Crippen LogP contribution in [-0.4, -0.2) is 42.1 Å². The van der Waals surface area contributed by atoms with Gasteiger partial charge in [0, 0.05) is 13.6 Å². The van der Waals surface area contributed by atoms with Gasteiger partial charge in [-0.15, -0.1) is 0 Å². The van der Waals surface area contributed by atoms with Crippen LogP contribution in [0.15, 0.2) is 42.5 Å². The number of aromatic hydroxyl groups is 1. The molecule has 2 rings (SSSR count). The Balaban J connectivity index is 1.87. The number of benzene rings is 2. The second-order valence-electron chi connectivity index (χ2n) is 5.92. The molecule has 2 aromatic rings. The van der Waals surface area contributed by atoms with E-state index in [4.69, 9.17) is 9.47 Å². The van der Waals surface area contributed by atoms with Crippen molar-refractivity contribution in [3.05, 3.63) is 59.2 Å². The number of likely N-dealkylation sites (N-methyl/N-ethyl adjacent to an activating group) is 1. The fraction of sp³-hybridized carbons (Fsp3) is 0.300. The van der Waals surface area contributed by atoms with E-state index < -0.39 is 5.97 Å². The number of hydrogen-bond acceptors (Lipinski definition) is 5. The van der Waals surface area contributed by atoms with Crippen molar-refractivity contribution < 1.29 is 24.2 Å². The van der Waals surface area contributed by atoms with Gasteiger partial charge in [0.15, 0.2) is 6.61 Å². The molecule has 138 valence electrons. The molecular weight excluding hydrogens is 334 g/mol. The second kappa shape index (κ2) is 8.89. The lowest BCUT2D eigenvalue weighted by Gasteiger charge is -2.17. The summed E-state index contributed by atoms with van der Waals surface area (Å²) in [7, 11) is 1.63. The highest BCUT2D eigenvalue weighted by atomic mass is 16.5. The van der Waals surface area contributed by atoms with Gasteiger partial charge in [0.25, 0.3) is 5.91 Å². The molecule has 0 bridgehead atoms. The summed E-state index contributed by atoms with van der Waals surface area (Å²) >= 11 is 0. The molecule has 0 heterocycles. The Kier molecular flexibility index (Phi) is 6.60. The fourth-order valence-electron chi connectivity index (χ4n) is 2.35. The van der Waals surface area contributed by atoms with E-state index in [1.807, 2.05) is 31.2 Å². The highest BCUT2D eigenvalue weighted by Gasteiger charge is 2.16. The summed E-state index contributed by atoms with van der Waals surface area (Å²) in [5, 5.41) is 9.79. The largest absolute Gasteiger partial charge is 0.507 e. The molecule has 0 aliphatic carbocycles. The summed E-state index contributed by atoms with van der Waals surface area (Å²) in [4.78, 5) is 25.6. The number of carbonyl (C=O) groups excluding carboxylic acids is 2. The van der Waals surface area contributed by atoms with Crippen molar-refractivity contribution in [3.8, 4) is 11.5 Å². The molecule has 0 aliphatic heterocycles. The van der Waals surface area contributed by atoms with Crippen LogP contribution in [0, 0.1) is 6.92 Å². The number of hydrogen-bond donors (Lipinski definition) is 1.